The van der Waals surface area contributed by atoms with Crippen LogP contribution in [0.1, 0.15) is 19.8 Å². The fraction of sp³-hybridized carbons (Fsp3) is 0.500. The number of hydrogen-bond acceptors (Lipinski definition) is 4. The Hall–Kier alpha value is -0.830. The minimum Gasteiger partial charge on any atom is -0.492 e. The van der Waals surface area contributed by atoms with Crippen LogP contribution in [0.3, 0.4) is 0 Å². The molecule has 0 unspecified atom stereocenters. The Morgan fingerprint density at radius 1 is 1.35 bits per heavy atom. The van der Waals surface area contributed by atoms with Gasteiger partial charge in [-0.05, 0) is 31.5 Å². The lowest BCUT2D eigenvalue weighted by atomic mass is 10.3. The fourth-order valence-corrected chi connectivity index (χ4v) is 2.95. The van der Waals surface area contributed by atoms with Gasteiger partial charge in [-0.3, -0.25) is 4.79 Å². The van der Waals surface area contributed by atoms with Crippen molar-refractivity contribution in [2.24, 2.45) is 0 Å². The van der Waals surface area contributed by atoms with Crippen molar-refractivity contribution < 1.29 is 17.9 Å². The highest BCUT2D eigenvalue weighted by molar-refractivity contribution is 9.10. The molecule has 0 heterocycles. The van der Waals surface area contributed by atoms with E-state index in [1.807, 2.05) is 6.07 Å². The van der Waals surface area contributed by atoms with E-state index in [4.69, 9.17) is 16.3 Å². The van der Waals surface area contributed by atoms with Gasteiger partial charge < -0.3 is 10.1 Å². The number of nitrogens with one attached hydrogen (secondary N) is 2. The average molecular weight is 428 g/mol. The monoisotopic (exact) mass is 426 g/mol. The molecule has 2 N–H and O–H groups in total. The number of carbonyl (C=O) groups is 1. The van der Waals surface area contributed by atoms with Crippen molar-refractivity contribution >= 4 is 43.5 Å². The van der Waals surface area contributed by atoms with E-state index in [1.165, 1.54) is 0 Å². The SMILES string of the molecule is CCS(=O)(=O)NCCNC(=O)CCCOc1ccc(Br)cc1Cl. The van der Waals surface area contributed by atoms with Gasteiger partial charge in [0, 0.05) is 24.0 Å². The van der Waals surface area contributed by atoms with Crippen LogP contribution >= 0.6 is 27.5 Å². The van der Waals surface area contributed by atoms with E-state index in [0.717, 1.165) is 4.47 Å². The first-order valence-corrected chi connectivity index (χ1v) is 9.98. The summed E-state index contributed by atoms with van der Waals surface area (Å²) in [4.78, 5) is 11.6. The summed E-state index contributed by atoms with van der Waals surface area (Å²) in [5.41, 5.74) is 0. The molecule has 0 spiro atoms. The zero-order valence-corrected chi connectivity index (χ0v) is 15.9. The van der Waals surface area contributed by atoms with Crippen LogP contribution in [0.4, 0.5) is 0 Å². The van der Waals surface area contributed by atoms with E-state index >= 15 is 0 Å². The first-order valence-electron chi connectivity index (χ1n) is 7.16. The van der Waals surface area contributed by atoms with Crippen LogP contribution in [0, 0.1) is 0 Å². The highest BCUT2D eigenvalue weighted by Gasteiger charge is 2.06. The highest BCUT2D eigenvalue weighted by Crippen LogP contribution is 2.27. The Kier molecular flexibility index (Phi) is 8.90. The van der Waals surface area contributed by atoms with Crippen LogP contribution in [0.25, 0.3) is 0 Å². The molecule has 0 fully saturated rings. The van der Waals surface area contributed by atoms with Crippen LogP contribution in [0.2, 0.25) is 5.02 Å². The summed E-state index contributed by atoms with van der Waals surface area (Å²) in [5, 5.41) is 3.15. The molecule has 0 radical (unpaired) electrons. The molecule has 0 aromatic heterocycles. The summed E-state index contributed by atoms with van der Waals surface area (Å²) in [6, 6.07) is 5.32. The maximum atomic E-state index is 11.6. The summed E-state index contributed by atoms with van der Waals surface area (Å²) in [7, 11) is -3.21. The van der Waals surface area contributed by atoms with Gasteiger partial charge in [0.1, 0.15) is 5.75 Å². The third kappa shape index (κ3) is 8.55. The van der Waals surface area contributed by atoms with Gasteiger partial charge in [-0.25, -0.2) is 13.1 Å². The molecular formula is C14H20BrClN2O4S. The maximum absolute atomic E-state index is 11.6. The number of ether oxygens (including phenoxy) is 1. The molecule has 0 saturated carbocycles. The van der Waals surface area contributed by atoms with Crippen molar-refractivity contribution in [3.63, 3.8) is 0 Å². The standard InChI is InChI=1S/C14H20BrClN2O4S/c1-2-23(20,21)18-8-7-17-14(19)4-3-9-22-13-6-5-11(15)10-12(13)16/h5-6,10,18H,2-4,7-9H2,1H3,(H,17,19). The zero-order valence-electron chi connectivity index (χ0n) is 12.8. The van der Waals surface area contributed by atoms with Crippen LogP contribution < -0.4 is 14.8 Å². The van der Waals surface area contributed by atoms with E-state index < -0.39 is 10.0 Å². The summed E-state index contributed by atoms with van der Waals surface area (Å²) in [5.74, 6) is 0.451. The molecule has 0 atom stereocenters. The predicted molar refractivity (Wildman–Crippen MR) is 94.4 cm³/mol. The fourth-order valence-electron chi connectivity index (χ4n) is 1.61. The molecule has 0 bridgehead atoms. The molecule has 1 aromatic carbocycles. The Bertz CT molecular complexity index is 625. The normalized spacial score (nSPS) is 11.3. The minimum absolute atomic E-state index is 0.0247. The Labute approximate surface area is 150 Å². The summed E-state index contributed by atoms with van der Waals surface area (Å²) < 4.78 is 31.1. The van der Waals surface area contributed by atoms with E-state index in [0.29, 0.717) is 30.2 Å². The number of carbonyl (C=O) groups excluding carboxylic acids is 1. The first-order chi connectivity index (χ1) is 10.8. The van der Waals surface area contributed by atoms with Gasteiger partial charge in [-0.1, -0.05) is 27.5 Å². The van der Waals surface area contributed by atoms with E-state index in [1.54, 1.807) is 19.1 Å². The molecule has 0 aliphatic carbocycles. The maximum Gasteiger partial charge on any atom is 0.220 e. The van der Waals surface area contributed by atoms with Crippen molar-refractivity contribution in [1.29, 1.82) is 0 Å². The number of sulfonamides is 1. The largest absolute Gasteiger partial charge is 0.492 e. The molecule has 9 heteroatoms. The topological polar surface area (TPSA) is 84.5 Å². The van der Waals surface area contributed by atoms with Gasteiger partial charge in [0.05, 0.1) is 17.4 Å². The highest BCUT2D eigenvalue weighted by atomic mass is 79.9. The van der Waals surface area contributed by atoms with Gasteiger partial charge >= 0.3 is 0 Å². The van der Waals surface area contributed by atoms with E-state index in [-0.39, 0.29) is 24.7 Å². The summed E-state index contributed by atoms with van der Waals surface area (Å²) >= 11 is 9.32. The van der Waals surface area contributed by atoms with E-state index in [2.05, 4.69) is 26.0 Å². The number of rotatable bonds is 10. The minimum atomic E-state index is -3.21. The smallest absolute Gasteiger partial charge is 0.220 e. The van der Waals surface area contributed by atoms with Gasteiger partial charge in [-0.2, -0.15) is 0 Å². The second kappa shape index (κ2) is 10.1. The Morgan fingerprint density at radius 3 is 2.74 bits per heavy atom. The number of halogens is 2. The average Bonchev–Trinajstić information content (AvgIpc) is 2.50. The summed E-state index contributed by atoms with van der Waals surface area (Å²) in [6.45, 7) is 2.38. The van der Waals surface area contributed by atoms with Gasteiger partial charge in [0.2, 0.25) is 15.9 Å². The number of amides is 1. The summed E-state index contributed by atoms with van der Waals surface area (Å²) in [6.07, 6.45) is 0.841. The Balaban J connectivity index is 2.14. The van der Waals surface area contributed by atoms with Crippen LogP contribution in [-0.2, 0) is 14.8 Å². The lowest BCUT2D eigenvalue weighted by molar-refractivity contribution is -0.121. The molecule has 1 rings (SSSR count). The van der Waals surface area contributed by atoms with Crippen molar-refractivity contribution in [3.8, 4) is 5.75 Å². The predicted octanol–water partition coefficient (Wildman–Crippen LogP) is 2.32. The van der Waals surface area contributed by atoms with Gasteiger partial charge in [-0.15, -0.1) is 0 Å². The molecule has 1 amide bonds. The lowest BCUT2D eigenvalue weighted by Gasteiger charge is -2.09. The quantitative estimate of drug-likeness (QED) is 0.561. The molecule has 6 nitrogen and oxygen atoms in total. The lowest BCUT2D eigenvalue weighted by Crippen LogP contribution is -2.35. The van der Waals surface area contributed by atoms with Crippen molar-refractivity contribution in [2.45, 2.75) is 19.8 Å². The third-order valence-corrected chi connectivity index (χ3v) is 5.04. The van der Waals surface area contributed by atoms with Crippen molar-refractivity contribution in [3.05, 3.63) is 27.7 Å². The molecule has 0 aliphatic rings. The number of benzene rings is 1. The van der Waals surface area contributed by atoms with Crippen molar-refractivity contribution in [2.75, 3.05) is 25.4 Å². The zero-order chi connectivity index (χ0) is 17.3. The Morgan fingerprint density at radius 2 is 2.09 bits per heavy atom. The van der Waals surface area contributed by atoms with E-state index in [9.17, 15) is 13.2 Å². The first kappa shape index (κ1) is 20.2. The second-order valence-corrected chi connectivity index (χ2v) is 8.09. The van der Waals surface area contributed by atoms with Crippen LogP contribution in [0.5, 0.6) is 5.75 Å². The second-order valence-electron chi connectivity index (χ2n) is 4.67. The third-order valence-electron chi connectivity index (χ3n) is 2.85. The van der Waals surface area contributed by atoms with Crippen LogP contribution in [0.15, 0.2) is 22.7 Å². The molecule has 1 aromatic rings. The molecule has 0 saturated heterocycles. The molecule has 23 heavy (non-hydrogen) atoms. The molecule has 130 valence electrons. The van der Waals surface area contributed by atoms with Gasteiger partial charge in [0.25, 0.3) is 0 Å². The molecule has 0 aliphatic heterocycles. The number of hydrogen-bond donors (Lipinski definition) is 2. The van der Waals surface area contributed by atoms with Crippen LogP contribution in [-0.4, -0.2) is 39.8 Å². The van der Waals surface area contributed by atoms with Gasteiger partial charge in [0.15, 0.2) is 0 Å². The van der Waals surface area contributed by atoms with Crippen molar-refractivity contribution in [1.82, 2.24) is 10.0 Å². The molecular weight excluding hydrogens is 408 g/mol.